The van der Waals surface area contributed by atoms with E-state index in [4.69, 9.17) is 9.73 Å². The number of hydrogen-bond acceptors (Lipinski definition) is 5. The van der Waals surface area contributed by atoms with Crippen molar-refractivity contribution in [2.45, 2.75) is 26.8 Å². The van der Waals surface area contributed by atoms with E-state index in [0.29, 0.717) is 39.4 Å². The van der Waals surface area contributed by atoms with Crippen molar-refractivity contribution < 1.29 is 9.53 Å². The number of hydrogen-bond donors (Lipinski definition) is 1. The maximum absolute atomic E-state index is 14.4. The summed E-state index contributed by atoms with van der Waals surface area (Å²) < 4.78 is 7.94. The molecule has 0 bridgehead atoms. The van der Waals surface area contributed by atoms with E-state index in [1.807, 2.05) is 87.5 Å². The number of aromatic nitrogens is 2. The Morgan fingerprint density at radius 2 is 1.71 bits per heavy atom. The summed E-state index contributed by atoms with van der Waals surface area (Å²) in [5, 5.41) is 1.03. The summed E-state index contributed by atoms with van der Waals surface area (Å²) in [5.74, 6) is 0.481. The molecule has 0 radical (unpaired) electrons. The lowest BCUT2D eigenvalue weighted by atomic mass is 9.94. The second kappa shape index (κ2) is 11.3. The third-order valence-electron chi connectivity index (χ3n) is 7.82. The highest BCUT2D eigenvalue weighted by molar-refractivity contribution is 7.07. The minimum absolute atomic E-state index is 0.130. The number of likely N-dealkylation sites (N-methyl/N-ethyl adjacent to an activating group) is 1. The number of aromatic amines is 1. The number of ether oxygens (including phenoxy) is 1. The average molecular weight is 577 g/mol. The van der Waals surface area contributed by atoms with E-state index in [9.17, 15) is 9.59 Å². The Kier molecular flexibility index (Phi) is 7.39. The molecule has 1 N–H and O–H groups in total. The first-order valence-corrected chi connectivity index (χ1v) is 14.9. The molecule has 1 amide bonds. The molecule has 0 saturated heterocycles. The number of fused-ring (bicyclic) bond motifs is 2. The Bertz CT molecular complexity index is 2010. The molecular weight excluding hydrogens is 544 g/mol. The Morgan fingerprint density at radius 1 is 1.02 bits per heavy atom. The first-order valence-electron chi connectivity index (χ1n) is 14.1. The molecular formula is C34H32N4O3S. The molecule has 0 fully saturated rings. The maximum atomic E-state index is 14.4. The zero-order valence-electron chi connectivity index (χ0n) is 24.0. The van der Waals surface area contributed by atoms with E-state index in [-0.39, 0.29) is 11.5 Å². The summed E-state index contributed by atoms with van der Waals surface area (Å²) in [6, 6.07) is 25.1. The lowest BCUT2D eigenvalue weighted by Crippen LogP contribution is -2.43. The van der Waals surface area contributed by atoms with Crippen LogP contribution >= 0.6 is 11.3 Å². The van der Waals surface area contributed by atoms with Gasteiger partial charge in [-0.2, -0.15) is 0 Å². The summed E-state index contributed by atoms with van der Waals surface area (Å²) in [7, 11) is 1.60. The molecule has 6 rings (SSSR count). The van der Waals surface area contributed by atoms with Gasteiger partial charge < -0.3 is 14.6 Å². The largest absolute Gasteiger partial charge is 0.496 e. The van der Waals surface area contributed by atoms with Gasteiger partial charge in [0.05, 0.1) is 28.6 Å². The number of allylic oxidation sites excluding steroid dienone is 1. The van der Waals surface area contributed by atoms with E-state index < -0.39 is 6.04 Å². The van der Waals surface area contributed by atoms with Crippen LogP contribution in [0.15, 0.2) is 99.9 Å². The van der Waals surface area contributed by atoms with Gasteiger partial charge in [-0.25, -0.2) is 4.99 Å². The van der Waals surface area contributed by atoms with Gasteiger partial charge in [-0.3, -0.25) is 14.2 Å². The zero-order valence-corrected chi connectivity index (χ0v) is 24.9. The number of carbonyl (C=O) groups excluding carboxylic acids is 1. The lowest BCUT2D eigenvalue weighted by molar-refractivity contribution is -0.127. The molecule has 7 nitrogen and oxygen atoms in total. The van der Waals surface area contributed by atoms with Crippen molar-refractivity contribution in [1.82, 2.24) is 14.5 Å². The van der Waals surface area contributed by atoms with Gasteiger partial charge in [0.25, 0.3) is 11.5 Å². The van der Waals surface area contributed by atoms with Gasteiger partial charge in [-0.1, -0.05) is 78.1 Å². The second-order valence-corrected chi connectivity index (χ2v) is 11.1. The van der Waals surface area contributed by atoms with Gasteiger partial charge in [0.1, 0.15) is 11.8 Å². The number of nitrogens with zero attached hydrogens (tertiary/aromatic N) is 3. The monoisotopic (exact) mass is 576 g/mol. The fourth-order valence-corrected chi connectivity index (χ4v) is 6.77. The summed E-state index contributed by atoms with van der Waals surface area (Å²) >= 11 is 1.34. The van der Waals surface area contributed by atoms with Gasteiger partial charge in [-0.15, -0.1) is 0 Å². The van der Waals surface area contributed by atoms with Gasteiger partial charge in [0, 0.05) is 35.1 Å². The maximum Gasteiger partial charge on any atom is 0.271 e. The first kappa shape index (κ1) is 27.5. The molecule has 1 aliphatic rings. The number of amides is 1. The van der Waals surface area contributed by atoms with Crippen molar-refractivity contribution in [3.63, 3.8) is 0 Å². The molecule has 0 aliphatic carbocycles. The smallest absolute Gasteiger partial charge is 0.271 e. The fourth-order valence-electron chi connectivity index (χ4n) is 5.74. The Hall–Kier alpha value is -4.69. The second-order valence-electron chi connectivity index (χ2n) is 10.1. The van der Waals surface area contributed by atoms with E-state index >= 15 is 0 Å². The molecule has 42 heavy (non-hydrogen) atoms. The number of para-hydroxylation sites is 2. The zero-order chi connectivity index (χ0) is 29.4. The minimum atomic E-state index is -0.677. The van der Waals surface area contributed by atoms with Crippen LogP contribution in [0, 0.1) is 0 Å². The predicted molar refractivity (Wildman–Crippen MR) is 168 cm³/mol. The number of rotatable bonds is 7. The molecule has 3 aromatic carbocycles. The molecule has 1 atom stereocenters. The van der Waals surface area contributed by atoms with E-state index in [1.165, 1.54) is 11.3 Å². The van der Waals surface area contributed by atoms with Crippen LogP contribution < -0.4 is 19.6 Å². The van der Waals surface area contributed by atoms with Crippen molar-refractivity contribution in [3.05, 3.63) is 121 Å². The third kappa shape index (κ3) is 4.58. The Morgan fingerprint density at radius 3 is 2.45 bits per heavy atom. The fraction of sp³-hybridized carbons (Fsp3) is 0.206. The molecule has 8 heteroatoms. The quantitative estimate of drug-likeness (QED) is 0.287. The standard InChI is InChI=1S/C34H32N4O3S/c1-5-37(6-2)33(40)29-21(3)35-34-38(31(29)24-17-11-13-19-27(24)41-4)32(39)28(42-34)20-25-23-16-10-12-18-26(23)36-30(25)22-14-8-7-9-15-22/h7-20,31,36H,5-6H2,1-4H3/b28-20+/t31-/m0/s1. The van der Waals surface area contributed by atoms with Crippen LogP contribution in [0.5, 0.6) is 5.75 Å². The highest BCUT2D eigenvalue weighted by atomic mass is 32.1. The molecule has 0 saturated carbocycles. The van der Waals surface area contributed by atoms with Crippen molar-refractivity contribution in [2.75, 3.05) is 20.2 Å². The molecule has 1 aliphatic heterocycles. The number of H-pyrrole nitrogens is 1. The minimum Gasteiger partial charge on any atom is -0.496 e. The van der Waals surface area contributed by atoms with Crippen LogP contribution in [0.1, 0.15) is 37.9 Å². The van der Waals surface area contributed by atoms with Crippen LogP contribution in [0.25, 0.3) is 28.2 Å². The Balaban J connectivity index is 1.62. The normalized spacial score (nSPS) is 15.0. The predicted octanol–water partition coefficient (Wildman–Crippen LogP) is 5.26. The summed E-state index contributed by atoms with van der Waals surface area (Å²) in [6.07, 6.45) is 1.95. The summed E-state index contributed by atoms with van der Waals surface area (Å²) in [5.41, 5.74) is 5.54. The summed E-state index contributed by atoms with van der Waals surface area (Å²) in [6.45, 7) is 6.87. The number of carbonyl (C=O) groups is 1. The lowest BCUT2D eigenvalue weighted by Gasteiger charge is -2.29. The molecule has 2 aromatic heterocycles. The highest BCUT2D eigenvalue weighted by Gasteiger charge is 2.35. The number of nitrogens with one attached hydrogen (secondary N) is 1. The van der Waals surface area contributed by atoms with Gasteiger partial charge >= 0.3 is 0 Å². The molecule has 0 spiro atoms. The number of thiazole rings is 1. The van der Waals surface area contributed by atoms with Gasteiger partial charge in [0.15, 0.2) is 4.80 Å². The SMILES string of the molecule is CCN(CC)C(=O)C1=C(C)N=c2s/c(=C/c3c(-c4ccccc4)[nH]c4ccccc34)c(=O)n2[C@H]1c1ccccc1OC. The van der Waals surface area contributed by atoms with Crippen molar-refractivity contribution >= 4 is 34.2 Å². The number of benzene rings is 3. The van der Waals surface area contributed by atoms with E-state index in [2.05, 4.69) is 23.2 Å². The van der Waals surface area contributed by atoms with Crippen LogP contribution in [-0.4, -0.2) is 40.6 Å². The van der Waals surface area contributed by atoms with Gasteiger partial charge in [-0.05, 0) is 44.5 Å². The highest BCUT2D eigenvalue weighted by Crippen LogP contribution is 2.36. The van der Waals surface area contributed by atoms with Crippen molar-refractivity contribution in [3.8, 4) is 17.0 Å². The topological polar surface area (TPSA) is 79.7 Å². The van der Waals surface area contributed by atoms with E-state index in [0.717, 1.165) is 33.3 Å². The molecule has 3 heterocycles. The van der Waals surface area contributed by atoms with Crippen LogP contribution in [0.4, 0.5) is 0 Å². The van der Waals surface area contributed by atoms with Crippen molar-refractivity contribution in [2.24, 2.45) is 4.99 Å². The third-order valence-corrected chi connectivity index (χ3v) is 8.80. The van der Waals surface area contributed by atoms with Crippen LogP contribution in [-0.2, 0) is 4.79 Å². The van der Waals surface area contributed by atoms with Crippen LogP contribution in [0.2, 0.25) is 0 Å². The van der Waals surface area contributed by atoms with E-state index in [1.54, 1.807) is 16.6 Å². The Labute approximate surface area is 247 Å². The van der Waals surface area contributed by atoms with Crippen molar-refractivity contribution in [1.29, 1.82) is 0 Å². The molecule has 5 aromatic rings. The first-order chi connectivity index (χ1) is 20.5. The average Bonchev–Trinajstić information content (AvgIpc) is 3.54. The molecule has 212 valence electrons. The van der Waals surface area contributed by atoms with Gasteiger partial charge in [0.2, 0.25) is 0 Å². The van der Waals surface area contributed by atoms with Crippen LogP contribution in [0.3, 0.4) is 0 Å². The number of methoxy groups -OCH3 is 1. The summed E-state index contributed by atoms with van der Waals surface area (Å²) in [4.78, 5) is 39.0. The molecule has 0 unspecified atom stereocenters.